The lowest BCUT2D eigenvalue weighted by Crippen LogP contribution is -2.32. The molecule has 1 aliphatic heterocycles. The van der Waals surface area contributed by atoms with Gasteiger partial charge in [0.1, 0.15) is 0 Å². The summed E-state index contributed by atoms with van der Waals surface area (Å²) in [6.45, 7) is 3.39. The van der Waals surface area contributed by atoms with E-state index in [1.807, 2.05) is 17.0 Å². The summed E-state index contributed by atoms with van der Waals surface area (Å²) in [5.41, 5.74) is 3.51. The number of rotatable bonds is 5. The van der Waals surface area contributed by atoms with E-state index >= 15 is 0 Å². The van der Waals surface area contributed by atoms with Crippen molar-refractivity contribution in [1.82, 2.24) is 10.3 Å². The molecule has 1 atom stereocenters. The van der Waals surface area contributed by atoms with E-state index in [0.717, 1.165) is 24.9 Å². The van der Waals surface area contributed by atoms with Crippen LogP contribution in [0, 0.1) is 5.92 Å². The molecule has 5 heteroatoms. The van der Waals surface area contributed by atoms with Gasteiger partial charge in [-0.3, -0.25) is 15.0 Å². The minimum Gasteiger partial charge on any atom is -0.338 e. The second-order valence-corrected chi connectivity index (χ2v) is 5.26. The van der Waals surface area contributed by atoms with Crippen LogP contribution in [0.5, 0.6) is 0 Å². The van der Waals surface area contributed by atoms with E-state index in [4.69, 9.17) is 5.84 Å². The normalized spacial score (nSPS) is 18.4. The van der Waals surface area contributed by atoms with Crippen molar-refractivity contribution in [2.24, 2.45) is 11.8 Å². The van der Waals surface area contributed by atoms with Gasteiger partial charge >= 0.3 is 0 Å². The zero-order valence-electron chi connectivity index (χ0n) is 11.8. The van der Waals surface area contributed by atoms with Crippen molar-refractivity contribution in [2.75, 3.05) is 6.54 Å². The molecule has 0 aliphatic carbocycles. The summed E-state index contributed by atoms with van der Waals surface area (Å²) in [5, 5.41) is 0. The Balaban J connectivity index is 2.11. The topological polar surface area (TPSA) is 75.4 Å². The van der Waals surface area contributed by atoms with Gasteiger partial charge < -0.3 is 4.90 Å². The molecule has 108 valence electrons. The predicted octanol–water partition coefficient (Wildman–Crippen LogP) is 1.44. The van der Waals surface area contributed by atoms with Crippen LogP contribution in [0.4, 0.5) is 0 Å². The first-order valence-electron chi connectivity index (χ1n) is 7.02. The van der Waals surface area contributed by atoms with Gasteiger partial charge in [0.2, 0.25) is 5.91 Å². The molecule has 1 aromatic carbocycles. The molecule has 1 heterocycles. The number of hydrogen-bond donors (Lipinski definition) is 2. The Kier molecular flexibility index (Phi) is 4.74. The number of nitrogens with two attached hydrogens (primary N) is 1. The number of likely N-dealkylation sites (tertiary alicyclic amines) is 1. The van der Waals surface area contributed by atoms with Crippen molar-refractivity contribution in [2.45, 2.75) is 32.7 Å². The van der Waals surface area contributed by atoms with Gasteiger partial charge in [-0.15, -0.1) is 0 Å². The maximum Gasteiger partial charge on any atom is 0.265 e. The number of benzene rings is 1. The van der Waals surface area contributed by atoms with E-state index in [2.05, 4.69) is 12.3 Å². The molecule has 2 amide bonds. The molecule has 1 unspecified atom stereocenters. The van der Waals surface area contributed by atoms with Crippen LogP contribution in [0.1, 0.15) is 42.1 Å². The van der Waals surface area contributed by atoms with Crippen molar-refractivity contribution in [3.63, 3.8) is 0 Å². The molecule has 0 radical (unpaired) electrons. The fraction of sp³-hybridized carbons (Fsp3) is 0.467. The number of hydrogen-bond acceptors (Lipinski definition) is 3. The Bertz CT molecular complexity index is 502. The van der Waals surface area contributed by atoms with Crippen LogP contribution < -0.4 is 11.3 Å². The van der Waals surface area contributed by atoms with E-state index in [1.54, 1.807) is 12.1 Å². The monoisotopic (exact) mass is 275 g/mol. The first-order valence-corrected chi connectivity index (χ1v) is 7.02. The third-order valence-corrected chi connectivity index (χ3v) is 3.75. The Hall–Kier alpha value is -1.88. The van der Waals surface area contributed by atoms with E-state index in [0.29, 0.717) is 24.4 Å². The molecule has 0 aromatic heterocycles. The van der Waals surface area contributed by atoms with Gasteiger partial charge in [-0.1, -0.05) is 31.5 Å². The van der Waals surface area contributed by atoms with Gasteiger partial charge in [-0.2, -0.15) is 0 Å². The lowest BCUT2D eigenvalue weighted by molar-refractivity contribution is -0.128. The molecular formula is C15H21N3O2. The summed E-state index contributed by atoms with van der Waals surface area (Å²) < 4.78 is 0. The second kappa shape index (κ2) is 6.52. The fourth-order valence-electron chi connectivity index (χ4n) is 2.77. The smallest absolute Gasteiger partial charge is 0.265 e. The van der Waals surface area contributed by atoms with E-state index < -0.39 is 0 Å². The first kappa shape index (κ1) is 14.5. The van der Waals surface area contributed by atoms with Crippen LogP contribution in [-0.4, -0.2) is 23.3 Å². The van der Waals surface area contributed by atoms with E-state index in [9.17, 15) is 9.59 Å². The van der Waals surface area contributed by atoms with Gasteiger partial charge in [0.15, 0.2) is 0 Å². The number of nitrogens with one attached hydrogen (secondary N) is 1. The third kappa shape index (κ3) is 3.17. The number of nitrogens with zero attached hydrogens (tertiary/aromatic N) is 1. The summed E-state index contributed by atoms with van der Waals surface area (Å²) in [6.07, 6.45) is 2.80. The van der Waals surface area contributed by atoms with Gasteiger partial charge in [-0.25, -0.2) is 5.84 Å². The molecule has 0 bridgehead atoms. The lowest BCUT2D eigenvalue weighted by atomic mass is 10.0. The molecule has 1 aromatic rings. The van der Waals surface area contributed by atoms with Crippen LogP contribution in [-0.2, 0) is 11.3 Å². The second-order valence-electron chi connectivity index (χ2n) is 5.26. The molecule has 20 heavy (non-hydrogen) atoms. The maximum absolute atomic E-state index is 12.0. The predicted molar refractivity (Wildman–Crippen MR) is 76.5 cm³/mol. The Labute approximate surface area is 119 Å². The minimum absolute atomic E-state index is 0.173. The molecular weight excluding hydrogens is 254 g/mol. The Morgan fingerprint density at radius 2 is 2.20 bits per heavy atom. The van der Waals surface area contributed by atoms with Crippen LogP contribution in [0.25, 0.3) is 0 Å². The molecule has 2 rings (SSSR count). The number of carbonyl (C=O) groups is 2. The quantitative estimate of drug-likeness (QED) is 0.485. The summed E-state index contributed by atoms with van der Waals surface area (Å²) >= 11 is 0. The zero-order chi connectivity index (χ0) is 14.5. The molecule has 3 N–H and O–H groups in total. The third-order valence-electron chi connectivity index (χ3n) is 3.75. The number of carbonyl (C=O) groups excluding carboxylic acids is 2. The minimum atomic E-state index is -0.322. The summed E-state index contributed by atoms with van der Waals surface area (Å²) in [6, 6.07) is 7.25. The average Bonchev–Trinajstić information content (AvgIpc) is 2.79. The molecule has 1 saturated heterocycles. The standard InChI is InChI=1S/C15H21N3O2/c1-2-5-11-8-14(19)18(9-11)10-12-6-3-4-7-13(12)15(20)17-16/h3-4,6-7,11H,2,5,8-10,16H2,1H3,(H,17,20). The Morgan fingerprint density at radius 1 is 1.45 bits per heavy atom. The largest absolute Gasteiger partial charge is 0.338 e. The number of amides is 2. The van der Waals surface area contributed by atoms with Gasteiger partial charge in [0, 0.05) is 25.1 Å². The van der Waals surface area contributed by atoms with Gasteiger partial charge in [0.05, 0.1) is 0 Å². The molecule has 1 fully saturated rings. The highest BCUT2D eigenvalue weighted by Gasteiger charge is 2.29. The van der Waals surface area contributed by atoms with Crippen molar-refractivity contribution in [1.29, 1.82) is 0 Å². The summed E-state index contributed by atoms with van der Waals surface area (Å²) in [4.78, 5) is 25.6. The van der Waals surface area contributed by atoms with Crippen LogP contribution in [0.3, 0.4) is 0 Å². The van der Waals surface area contributed by atoms with E-state index in [-0.39, 0.29) is 11.8 Å². The SMILES string of the molecule is CCCC1CC(=O)N(Cc2ccccc2C(=O)NN)C1. The maximum atomic E-state index is 12.0. The Morgan fingerprint density at radius 3 is 2.90 bits per heavy atom. The number of nitrogen functional groups attached to an aromatic ring is 1. The highest BCUT2D eigenvalue weighted by molar-refractivity contribution is 5.95. The first-order chi connectivity index (χ1) is 9.65. The lowest BCUT2D eigenvalue weighted by Gasteiger charge is -2.18. The molecule has 1 aliphatic rings. The van der Waals surface area contributed by atoms with Crippen molar-refractivity contribution >= 4 is 11.8 Å². The highest BCUT2D eigenvalue weighted by Crippen LogP contribution is 2.24. The fourth-order valence-corrected chi connectivity index (χ4v) is 2.77. The van der Waals surface area contributed by atoms with Crippen LogP contribution >= 0.6 is 0 Å². The van der Waals surface area contributed by atoms with Gasteiger partial charge in [-0.05, 0) is 24.0 Å². The summed E-state index contributed by atoms with van der Waals surface area (Å²) in [5.74, 6) is 5.49. The van der Waals surface area contributed by atoms with Crippen molar-refractivity contribution < 1.29 is 9.59 Å². The molecule has 0 saturated carbocycles. The van der Waals surface area contributed by atoms with Crippen molar-refractivity contribution in [3.05, 3.63) is 35.4 Å². The average molecular weight is 275 g/mol. The van der Waals surface area contributed by atoms with Crippen LogP contribution in [0.15, 0.2) is 24.3 Å². The summed E-state index contributed by atoms with van der Waals surface area (Å²) in [7, 11) is 0. The zero-order valence-corrected chi connectivity index (χ0v) is 11.8. The van der Waals surface area contributed by atoms with Crippen LogP contribution in [0.2, 0.25) is 0 Å². The van der Waals surface area contributed by atoms with Crippen molar-refractivity contribution in [3.8, 4) is 0 Å². The highest BCUT2D eigenvalue weighted by atomic mass is 16.2. The molecule has 5 nitrogen and oxygen atoms in total. The molecule has 0 spiro atoms. The van der Waals surface area contributed by atoms with E-state index in [1.165, 1.54) is 0 Å². The number of hydrazine groups is 1. The van der Waals surface area contributed by atoms with Gasteiger partial charge in [0.25, 0.3) is 5.91 Å².